The van der Waals surface area contributed by atoms with Gasteiger partial charge in [-0.15, -0.1) is 0 Å². The van der Waals surface area contributed by atoms with Gasteiger partial charge in [-0.1, -0.05) is 20.8 Å². The highest BCUT2D eigenvalue weighted by atomic mass is 32.2. The Morgan fingerprint density at radius 1 is 1.39 bits per heavy atom. The van der Waals surface area contributed by atoms with E-state index >= 15 is 0 Å². The summed E-state index contributed by atoms with van der Waals surface area (Å²) in [5.74, 6) is 0.805. The summed E-state index contributed by atoms with van der Waals surface area (Å²) in [5.41, 5.74) is 0. The molecule has 1 heterocycles. The first-order chi connectivity index (χ1) is 10.7. The number of amides is 1. The standard InChI is InChI=1S/C15H27N3O4S/c1-5-23(20,21)11-9-18-8-6-14(17-18)16-15(19)13(4)22-10-7-12(2)3/h6,8,12-13H,5,7,9-11H2,1-4H3,(H,16,17,19)/t13-/m1/s1. The molecule has 1 aromatic heterocycles. The first-order valence-electron chi connectivity index (χ1n) is 7.90. The van der Waals surface area contributed by atoms with Crippen LogP contribution in [-0.4, -0.2) is 48.3 Å². The lowest BCUT2D eigenvalue weighted by atomic mass is 10.1. The minimum atomic E-state index is -3.03. The van der Waals surface area contributed by atoms with E-state index < -0.39 is 15.9 Å². The van der Waals surface area contributed by atoms with Gasteiger partial charge in [0.15, 0.2) is 15.7 Å². The minimum Gasteiger partial charge on any atom is -0.369 e. The van der Waals surface area contributed by atoms with Gasteiger partial charge in [-0.2, -0.15) is 5.10 Å². The number of aromatic nitrogens is 2. The Hall–Kier alpha value is -1.41. The number of ether oxygens (including phenoxy) is 1. The Morgan fingerprint density at radius 3 is 2.70 bits per heavy atom. The molecule has 1 atom stereocenters. The Kier molecular flexibility index (Phi) is 7.70. The molecule has 0 aliphatic heterocycles. The van der Waals surface area contributed by atoms with Crippen LogP contribution in [0.25, 0.3) is 0 Å². The summed E-state index contributed by atoms with van der Waals surface area (Å²) in [6, 6.07) is 1.64. The van der Waals surface area contributed by atoms with Crippen LogP contribution in [0.15, 0.2) is 12.3 Å². The first kappa shape index (κ1) is 19.6. The van der Waals surface area contributed by atoms with E-state index in [2.05, 4.69) is 24.3 Å². The Bertz CT molecular complexity index is 596. The molecule has 1 rings (SSSR count). The van der Waals surface area contributed by atoms with Crippen molar-refractivity contribution in [3.8, 4) is 0 Å². The molecule has 1 amide bonds. The molecule has 0 aliphatic rings. The zero-order chi connectivity index (χ0) is 17.5. The molecule has 0 saturated heterocycles. The third kappa shape index (κ3) is 7.60. The van der Waals surface area contributed by atoms with E-state index in [1.54, 1.807) is 26.1 Å². The molecule has 0 unspecified atom stereocenters. The fourth-order valence-electron chi connectivity index (χ4n) is 1.71. The van der Waals surface area contributed by atoms with Crippen LogP contribution in [0.3, 0.4) is 0 Å². The molecule has 1 aromatic rings. The molecule has 1 N–H and O–H groups in total. The van der Waals surface area contributed by atoms with Crippen molar-refractivity contribution < 1.29 is 17.9 Å². The Labute approximate surface area is 138 Å². The maximum atomic E-state index is 12.0. The molecule has 132 valence electrons. The van der Waals surface area contributed by atoms with Gasteiger partial charge in [0, 0.05) is 24.6 Å². The third-order valence-electron chi connectivity index (χ3n) is 3.40. The van der Waals surface area contributed by atoms with Crippen LogP contribution < -0.4 is 5.32 Å². The summed E-state index contributed by atoms with van der Waals surface area (Å²) in [6.45, 7) is 8.31. The summed E-state index contributed by atoms with van der Waals surface area (Å²) >= 11 is 0. The van der Waals surface area contributed by atoms with Crippen LogP contribution in [0.4, 0.5) is 5.82 Å². The normalized spacial score (nSPS) is 13.3. The highest BCUT2D eigenvalue weighted by molar-refractivity contribution is 7.91. The highest BCUT2D eigenvalue weighted by Crippen LogP contribution is 2.06. The lowest BCUT2D eigenvalue weighted by Gasteiger charge is -2.13. The van der Waals surface area contributed by atoms with Crippen molar-refractivity contribution in [2.24, 2.45) is 5.92 Å². The number of nitrogens with zero attached hydrogens (tertiary/aromatic N) is 2. The SMILES string of the molecule is CCS(=O)(=O)CCn1ccc(NC(=O)[C@@H](C)OCCC(C)C)n1. The van der Waals surface area contributed by atoms with Gasteiger partial charge in [0.05, 0.1) is 12.3 Å². The number of hydrogen-bond acceptors (Lipinski definition) is 5. The predicted molar refractivity (Wildman–Crippen MR) is 90.1 cm³/mol. The maximum Gasteiger partial charge on any atom is 0.254 e. The van der Waals surface area contributed by atoms with Crippen LogP contribution in [0.1, 0.15) is 34.1 Å². The van der Waals surface area contributed by atoms with Crippen molar-refractivity contribution in [1.29, 1.82) is 0 Å². The van der Waals surface area contributed by atoms with Crippen molar-refractivity contribution in [1.82, 2.24) is 9.78 Å². The second-order valence-corrected chi connectivity index (χ2v) is 8.36. The number of rotatable bonds is 10. The monoisotopic (exact) mass is 345 g/mol. The third-order valence-corrected chi connectivity index (χ3v) is 5.08. The Morgan fingerprint density at radius 2 is 2.09 bits per heavy atom. The van der Waals surface area contributed by atoms with E-state index in [9.17, 15) is 13.2 Å². The summed E-state index contributed by atoms with van der Waals surface area (Å²) in [7, 11) is -3.03. The van der Waals surface area contributed by atoms with Gasteiger partial charge in [0.2, 0.25) is 0 Å². The van der Waals surface area contributed by atoms with E-state index in [-0.39, 0.29) is 24.0 Å². The number of nitrogens with one attached hydrogen (secondary N) is 1. The first-order valence-corrected chi connectivity index (χ1v) is 9.72. The molecule has 0 aromatic carbocycles. The number of anilines is 1. The molecule has 0 aliphatic carbocycles. The number of hydrogen-bond donors (Lipinski definition) is 1. The fraction of sp³-hybridized carbons (Fsp3) is 0.733. The van der Waals surface area contributed by atoms with Crippen LogP contribution >= 0.6 is 0 Å². The maximum absolute atomic E-state index is 12.0. The molecular weight excluding hydrogens is 318 g/mol. The van der Waals surface area contributed by atoms with Crippen LogP contribution in [0.5, 0.6) is 0 Å². The second-order valence-electron chi connectivity index (χ2n) is 5.89. The summed E-state index contributed by atoms with van der Waals surface area (Å²) in [6.07, 6.45) is 1.99. The molecular formula is C15H27N3O4S. The summed E-state index contributed by atoms with van der Waals surface area (Å²) in [5, 5.41) is 6.81. The van der Waals surface area contributed by atoms with Gasteiger partial charge in [-0.25, -0.2) is 8.42 Å². The summed E-state index contributed by atoms with van der Waals surface area (Å²) in [4.78, 5) is 12.0. The van der Waals surface area contributed by atoms with Crippen molar-refractivity contribution in [3.05, 3.63) is 12.3 Å². The lowest BCUT2D eigenvalue weighted by molar-refractivity contribution is -0.126. The molecule has 0 saturated carbocycles. The average molecular weight is 345 g/mol. The van der Waals surface area contributed by atoms with E-state index in [1.807, 2.05) is 0 Å². The van der Waals surface area contributed by atoms with Gasteiger partial charge in [-0.05, 0) is 19.3 Å². The van der Waals surface area contributed by atoms with E-state index in [0.717, 1.165) is 6.42 Å². The topological polar surface area (TPSA) is 90.3 Å². The van der Waals surface area contributed by atoms with E-state index in [1.165, 1.54) is 4.68 Å². The van der Waals surface area contributed by atoms with E-state index in [0.29, 0.717) is 18.3 Å². The molecule has 0 bridgehead atoms. The molecule has 0 radical (unpaired) electrons. The number of sulfone groups is 1. The fourth-order valence-corrected chi connectivity index (χ4v) is 2.47. The highest BCUT2D eigenvalue weighted by Gasteiger charge is 2.15. The number of aryl methyl sites for hydroxylation is 1. The quantitative estimate of drug-likeness (QED) is 0.697. The van der Waals surface area contributed by atoms with Crippen molar-refractivity contribution in [2.75, 3.05) is 23.4 Å². The predicted octanol–water partition coefficient (Wildman–Crippen LogP) is 1.71. The van der Waals surface area contributed by atoms with Gasteiger partial charge >= 0.3 is 0 Å². The zero-order valence-electron chi connectivity index (χ0n) is 14.3. The van der Waals surface area contributed by atoms with Gasteiger partial charge in [0.25, 0.3) is 5.91 Å². The average Bonchev–Trinajstić information content (AvgIpc) is 2.92. The Balaban J connectivity index is 2.44. The van der Waals surface area contributed by atoms with E-state index in [4.69, 9.17) is 4.74 Å². The van der Waals surface area contributed by atoms with Gasteiger partial charge in [-0.3, -0.25) is 9.48 Å². The van der Waals surface area contributed by atoms with Gasteiger partial charge < -0.3 is 10.1 Å². The van der Waals surface area contributed by atoms with Crippen LogP contribution in [0, 0.1) is 5.92 Å². The molecule has 23 heavy (non-hydrogen) atoms. The molecule has 0 fully saturated rings. The molecule has 0 spiro atoms. The number of carbonyl (C=O) groups is 1. The smallest absolute Gasteiger partial charge is 0.254 e. The number of carbonyl (C=O) groups excluding carboxylic acids is 1. The zero-order valence-corrected chi connectivity index (χ0v) is 15.1. The second kappa shape index (κ2) is 9.02. The van der Waals surface area contributed by atoms with Gasteiger partial charge in [0.1, 0.15) is 6.10 Å². The minimum absolute atomic E-state index is 0.0350. The van der Waals surface area contributed by atoms with Crippen molar-refractivity contribution in [2.45, 2.75) is 46.8 Å². The molecule has 8 heteroatoms. The lowest BCUT2D eigenvalue weighted by Crippen LogP contribution is -2.28. The summed E-state index contributed by atoms with van der Waals surface area (Å²) < 4.78 is 29.9. The molecule has 7 nitrogen and oxygen atoms in total. The van der Waals surface area contributed by atoms with Crippen molar-refractivity contribution in [3.63, 3.8) is 0 Å². The van der Waals surface area contributed by atoms with Crippen LogP contribution in [-0.2, 0) is 25.9 Å². The van der Waals surface area contributed by atoms with Crippen molar-refractivity contribution >= 4 is 21.6 Å². The van der Waals surface area contributed by atoms with Crippen LogP contribution in [0.2, 0.25) is 0 Å². The largest absolute Gasteiger partial charge is 0.369 e.